The maximum absolute atomic E-state index is 13.0. The van der Waals surface area contributed by atoms with Crippen LogP contribution in [0.1, 0.15) is 25.3 Å². The van der Waals surface area contributed by atoms with Crippen molar-refractivity contribution in [1.29, 1.82) is 0 Å². The molecule has 3 heterocycles. The van der Waals surface area contributed by atoms with Gasteiger partial charge in [-0.1, -0.05) is 18.2 Å². The molecule has 0 aliphatic carbocycles. The van der Waals surface area contributed by atoms with E-state index in [1.54, 1.807) is 18.0 Å². The van der Waals surface area contributed by atoms with Crippen LogP contribution in [0, 0.1) is 5.92 Å². The highest BCUT2D eigenvalue weighted by Gasteiger charge is 2.30. The van der Waals surface area contributed by atoms with Gasteiger partial charge in [0, 0.05) is 41.8 Å². The van der Waals surface area contributed by atoms with Gasteiger partial charge in [0.25, 0.3) is 0 Å². The molecule has 1 aliphatic heterocycles. The third-order valence-corrected chi connectivity index (χ3v) is 6.86. The van der Waals surface area contributed by atoms with Crippen LogP contribution in [0.3, 0.4) is 0 Å². The molecule has 3 aromatic rings. The highest BCUT2D eigenvalue weighted by Crippen LogP contribution is 2.22. The summed E-state index contributed by atoms with van der Waals surface area (Å²) in [6.07, 6.45) is 6.99. The topological polar surface area (TPSA) is 86.4 Å². The lowest BCUT2D eigenvalue weighted by Crippen LogP contribution is -2.44. The van der Waals surface area contributed by atoms with E-state index in [9.17, 15) is 13.8 Å². The number of benzene rings is 1. The fourth-order valence-electron chi connectivity index (χ4n) is 4.10. The van der Waals surface area contributed by atoms with Gasteiger partial charge >= 0.3 is 5.97 Å². The SMILES string of the molecule is CCOC(=O)[C@H]1CCCN(C(=O)C[S@](=O)Cc2cnn(-c3ccccc3)c2-n2cccc2)C1. The third kappa shape index (κ3) is 5.42. The number of hydrogen-bond donors (Lipinski definition) is 0. The number of likely N-dealkylation sites (tertiary alicyclic amines) is 1. The van der Waals surface area contributed by atoms with E-state index in [1.807, 2.05) is 64.1 Å². The van der Waals surface area contributed by atoms with Gasteiger partial charge in [-0.25, -0.2) is 4.68 Å². The normalized spacial score (nSPS) is 17.0. The number of esters is 1. The zero-order valence-electron chi connectivity index (χ0n) is 18.6. The van der Waals surface area contributed by atoms with Gasteiger partial charge in [-0.2, -0.15) is 5.10 Å². The molecule has 1 aromatic carbocycles. The summed E-state index contributed by atoms with van der Waals surface area (Å²) in [5, 5.41) is 4.53. The lowest BCUT2D eigenvalue weighted by Gasteiger charge is -2.31. The van der Waals surface area contributed by atoms with Crippen LogP contribution >= 0.6 is 0 Å². The van der Waals surface area contributed by atoms with E-state index < -0.39 is 10.8 Å². The second-order valence-electron chi connectivity index (χ2n) is 7.99. The molecule has 1 amide bonds. The van der Waals surface area contributed by atoms with E-state index in [0.29, 0.717) is 26.1 Å². The van der Waals surface area contributed by atoms with E-state index in [-0.39, 0.29) is 29.3 Å². The van der Waals surface area contributed by atoms with Crippen LogP contribution in [-0.2, 0) is 30.9 Å². The summed E-state index contributed by atoms with van der Waals surface area (Å²) in [6, 6.07) is 13.6. The molecule has 0 radical (unpaired) electrons. The molecule has 0 unspecified atom stereocenters. The molecule has 0 spiro atoms. The predicted octanol–water partition coefficient (Wildman–Crippen LogP) is 2.71. The second-order valence-corrected chi connectivity index (χ2v) is 9.45. The quantitative estimate of drug-likeness (QED) is 0.475. The smallest absolute Gasteiger partial charge is 0.310 e. The molecule has 1 fully saturated rings. The average molecular weight is 469 g/mol. The molecule has 0 bridgehead atoms. The van der Waals surface area contributed by atoms with Crippen molar-refractivity contribution >= 4 is 22.7 Å². The summed E-state index contributed by atoms with van der Waals surface area (Å²) < 4.78 is 21.8. The van der Waals surface area contributed by atoms with Gasteiger partial charge < -0.3 is 14.2 Å². The van der Waals surface area contributed by atoms with Crippen molar-refractivity contribution in [3.8, 4) is 11.5 Å². The molecule has 0 saturated carbocycles. The summed E-state index contributed by atoms with van der Waals surface area (Å²) in [7, 11) is -1.42. The largest absolute Gasteiger partial charge is 0.466 e. The number of rotatable bonds is 8. The van der Waals surface area contributed by atoms with Gasteiger partial charge in [0.1, 0.15) is 11.6 Å². The number of para-hydroxylation sites is 1. The summed E-state index contributed by atoms with van der Waals surface area (Å²) >= 11 is 0. The van der Waals surface area contributed by atoms with Gasteiger partial charge in [-0.15, -0.1) is 0 Å². The first-order valence-electron chi connectivity index (χ1n) is 11.1. The van der Waals surface area contributed by atoms with Crippen LogP contribution in [0.25, 0.3) is 11.5 Å². The molecular weight excluding hydrogens is 440 g/mol. The number of carbonyl (C=O) groups is 2. The lowest BCUT2D eigenvalue weighted by molar-refractivity contribution is -0.151. The zero-order chi connectivity index (χ0) is 23.2. The van der Waals surface area contributed by atoms with E-state index in [0.717, 1.165) is 23.5 Å². The van der Waals surface area contributed by atoms with Crippen molar-refractivity contribution in [3.63, 3.8) is 0 Å². The van der Waals surface area contributed by atoms with Gasteiger partial charge in [0.15, 0.2) is 0 Å². The fraction of sp³-hybridized carbons (Fsp3) is 0.375. The number of nitrogens with zero attached hydrogens (tertiary/aromatic N) is 4. The number of amides is 1. The number of carbonyl (C=O) groups excluding carboxylic acids is 2. The lowest BCUT2D eigenvalue weighted by atomic mass is 9.98. The molecule has 0 N–H and O–H groups in total. The van der Waals surface area contributed by atoms with Gasteiger partial charge in [0.05, 0.1) is 30.2 Å². The highest BCUT2D eigenvalue weighted by molar-refractivity contribution is 7.84. The second kappa shape index (κ2) is 10.6. The summed E-state index contributed by atoms with van der Waals surface area (Å²) in [5.41, 5.74) is 1.69. The Morgan fingerprint density at radius 1 is 1.15 bits per heavy atom. The van der Waals surface area contributed by atoms with Crippen molar-refractivity contribution in [2.45, 2.75) is 25.5 Å². The van der Waals surface area contributed by atoms with Crippen molar-refractivity contribution < 1.29 is 18.5 Å². The van der Waals surface area contributed by atoms with Crippen LogP contribution in [0.15, 0.2) is 61.1 Å². The summed E-state index contributed by atoms with van der Waals surface area (Å²) in [5.74, 6) is 0.160. The van der Waals surface area contributed by atoms with E-state index >= 15 is 0 Å². The van der Waals surface area contributed by atoms with Crippen molar-refractivity contribution in [3.05, 3.63) is 66.6 Å². The number of piperidine rings is 1. The monoisotopic (exact) mass is 468 g/mol. The first-order chi connectivity index (χ1) is 16.1. The van der Waals surface area contributed by atoms with E-state index in [4.69, 9.17) is 4.74 Å². The van der Waals surface area contributed by atoms with Crippen molar-refractivity contribution in [1.82, 2.24) is 19.2 Å². The molecule has 33 heavy (non-hydrogen) atoms. The summed E-state index contributed by atoms with van der Waals surface area (Å²) in [4.78, 5) is 26.5. The molecule has 174 valence electrons. The molecule has 8 nitrogen and oxygen atoms in total. The minimum Gasteiger partial charge on any atom is -0.466 e. The molecule has 9 heteroatoms. The Morgan fingerprint density at radius 2 is 1.91 bits per heavy atom. The average Bonchev–Trinajstić information content (AvgIpc) is 3.49. The molecular formula is C24H28N4O4S. The Labute approximate surface area is 195 Å². The first-order valence-corrected chi connectivity index (χ1v) is 12.6. The van der Waals surface area contributed by atoms with Crippen LogP contribution in [0.4, 0.5) is 0 Å². The molecule has 1 aliphatic rings. The molecule has 2 aromatic heterocycles. The van der Waals surface area contributed by atoms with E-state index in [2.05, 4.69) is 5.10 Å². The van der Waals surface area contributed by atoms with Crippen molar-refractivity contribution in [2.24, 2.45) is 5.92 Å². The standard InChI is InChI=1S/C24H28N4O4S/c1-2-32-24(30)19-9-8-14-27(16-19)22(29)18-33(31)17-20-15-25-28(21-10-4-3-5-11-21)23(20)26-12-6-7-13-26/h3-7,10-13,15,19H,2,8-9,14,16-18H2,1H3/t19-,33+/m0/s1. The van der Waals surface area contributed by atoms with Crippen LogP contribution < -0.4 is 0 Å². The van der Waals surface area contributed by atoms with Crippen LogP contribution in [0.2, 0.25) is 0 Å². The Kier molecular flexibility index (Phi) is 7.39. The minimum atomic E-state index is -1.42. The maximum Gasteiger partial charge on any atom is 0.310 e. The van der Waals surface area contributed by atoms with Gasteiger partial charge in [-0.3, -0.25) is 13.8 Å². The van der Waals surface area contributed by atoms with Crippen molar-refractivity contribution in [2.75, 3.05) is 25.4 Å². The number of ether oxygens (including phenoxy) is 1. The number of aromatic nitrogens is 3. The number of hydrogen-bond acceptors (Lipinski definition) is 5. The van der Waals surface area contributed by atoms with Crippen LogP contribution in [-0.4, -0.2) is 60.8 Å². The molecule has 1 saturated heterocycles. The van der Waals surface area contributed by atoms with Crippen LogP contribution in [0.5, 0.6) is 0 Å². The van der Waals surface area contributed by atoms with E-state index in [1.165, 1.54) is 0 Å². The Morgan fingerprint density at radius 3 is 2.64 bits per heavy atom. The van der Waals surface area contributed by atoms with Gasteiger partial charge in [-0.05, 0) is 44.0 Å². The third-order valence-electron chi connectivity index (χ3n) is 5.66. The fourth-order valence-corrected chi connectivity index (χ4v) is 5.21. The Hall–Kier alpha value is -3.20. The minimum absolute atomic E-state index is 0.0861. The van der Waals surface area contributed by atoms with Gasteiger partial charge in [0.2, 0.25) is 5.91 Å². The maximum atomic E-state index is 13.0. The highest BCUT2D eigenvalue weighted by atomic mass is 32.2. The molecule has 2 atom stereocenters. The summed E-state index contributed by atoms with van der Waals surface area (Å²) in [6.45, 7) is 3.00. The first kappa shape index (κ1) is 23.0. The molecule has 4 rings (SSSR count). The zero-order valence-corrected chi connectivity index (χ0v) is 19.4. The Bertz CT molecular complexity index is 1110. The predicted molar refractivity (Wildman–Crippen MR) is 126 cm³/mol. The Balaban J connectivity index is 1.46.